The Morgan fingerprint density at radius 1 is 1.12 bits per heavy atom. The predicted molar refractivity (Wildman–Crippen MR) is 66.6 cm³/mol. The van der Waals surface area contributed by atoms with E-state index in [4.69, 9.17) is 0 Å². The molecular formula is C15H14FN. The minimum Gasteiger partial charge on any atom is -0.316 e. The summed E-state index contributed by atoms with van der Waals surface area (Å²) in [7, 11) is 0. The van der Waals surface area contributed by atoms with Gasteiger partial charge < -0.3 is 5.32 Å². The van der Waals surface area contributed by atoms with Crippen LogP contribution in [-0.2, 0) is 5.41 Å². The third-order valence-corrected chi connectivity index (χ3v) is 4.47. The second kappa shape index (κ2) is 3.08. The molecule has 1 heterocycles. The first-order valence-corrected chi connectivity index (χ1v) is 6.20. The average molecular weight is 227 g/mol. The topological polar surface area (TPSA) is 12.0 Å². The molecule has 2 unspecified atom stereocenters. The van der Waals surface area contributed by atoms with Gasteiger partial charge in [-0.2, -0.15) is 0 Å². The number of nitrogens with one attached hydrogen (secondary N) is 1. The van der Waals surface area contributed by atoms with Gasteiger partial charge in [0.05, 0.1) is 0 Å². The summed E-state index contributed by atoms with van der Waals surface area (Å²) in [5.74, 6) is 0.653. The van der Waals surface area contributed by atoms with Crippen molar-refractivity contribution >= 4 is 10.8 Å². The highest BCUT2D eigenvalue weighted by Gasteiger charge is 2.58. The third kappa shape index (κ3) is 1.16. The van der Waals surface area contributed by atoms with Crippen LogP contribution in [0.2, 0.25) is 0 Å². The summed E-state index contributed by atoms with van der Waals surface area (Å²) < 4.78 is 13.8. The van der Waals surface area contributed by atoms with Gasteiger partial charge in [0, 0.05) is 17.3 Å². The zero-order chi connectivity index (χ0) is 11.5. The fourth-order valence-corrected chi connectivity index (χ4v) is 3.46. The molecule has 1 saturated carbocycles. The van der Waals surface area contributed by atoms with Crippen molar-refractivity contribution in [2.24, 2.45) is 5.92 Å². The minimum atomic E-state index is -0.107. The van der Waals surface area contributed by atoms with Crippen LogP contribution in [0.3, 0.4) is 0 Å². The maximum Gasteiger partial charge on any atom is 0.131 e. The molecule has 17 heavy (non-hydrogen) atoms. The molecule has 1 aliphatic carbocycles. The van der Waals surface area contributed by atoms with Gasteiger partial charge in [-0.25, -0.2) is 4.39 Å². The summed E-state index contributed by atoms with van der Waals surface area (Å²) in [6, 6.07) is 11.5. The molecule has 1 aliphatic heterocycles. The number of benzene rings is 2. The van der Waals surface area contributed by atoms with Gasteiger partial charge in [0.15, 0.2) is 0 Å². The lowest BCUT2D eigenvalue weighted by Gasteiger charge is -2.15. The summed E-state index contributed by atoms with van der Waals surface area (Å²) in [6.07, 6.45) is 1.26. The highest BCUT2D eigenvalue weighted by molar-refractivity contribution is 5.88. The molecule has 2 aliphatic rings. The Hall–Kier alpha value is -1.41. The smallest absolute Gasteiger partial charge is 0.131 e. The maximum absolute atomic E-state index is 13.8. The lowest BCUT2D eigenvalue weighted by Crippen LogP contribution is -2.19. The molecule has 2 heteroatoms. The van der Waals surface area contributed by atoms with E-state index < -0.39 is 0 Å². The van der Waals surface area contributed by atoms with Crippen LogP contribution in [0, 0.1) is 11.7 Å². The quantitative estimate of drug-likeness (QED) is 0.790. The highest BCUT2D eigenvalue weighted by atomic mass is 19.1. The van der Waals surface area contributed by atoms with Crippen molar-refractivity contribution in [2.45, 2.75) is 11.8 Å². The predicted octanol–water partition coefficient (Wildman–Crippen LogP) is 2.84. The van der Waals surface area contributed by atoms with Crippen molar-refractivity contribution in [3.05, 3.63) is 47.8 Å². The summed E-state index contributed by atoms with van der Waals surface area (Å²) in [5.41, 5.74) is 1.64. The van der Waals surface area contributed by atoms with E-state index in [1.54, 1.807) is 6.07 Å². The second-order valence-corrected chi connectivity index (χ2v) is 5.33. The lowest BCUT2D eigenvalue weighted by atomic mass is 9.90. The van der Waals surface area contributed by atoms with Crippen LogP contribution in [0.25, 0.3) is 10.8 Å². The van der Waals surface area contributed by atoms with Gasteiger partial charge in [-0.05, 0) is 35.9 Å². The van der Waals surface area contributed by atoms with Crippen LogP contribution in [0.4, 0.5) is 4.39 Å². The number of piperidine rings is 1. The molecular weight excluding hydrogens is 213 g/mol. The van der Waals surface area contributed by atoms with Crippen LogP contribution < -0.4 is 5.32 Å². The van der Waals surface area contributed by atoms with Gasteiger partial charge in [-0.1, -0.05) is 30.3 Å². The van der Waals surface area contributed by atoms with E-state index in [-0.39, 0.29) is 5.82 Å². The van der Waals surface area contributed by atoms with E-state index in [0.717, 1.165) is 29.8 Å². The molecule has 0 amide bonds. The molecule has 2 atom stereocenters. The van der Waals surface area contributed by atoms with Gasteiger partial charge in [0.25, 0.3) is 0 Å². The van der Waals surface area contributed by atoms with Crippen molar-refractivity contribution in [3.63, 3.8) is 0 Å². The molecule has 0 spiro atoms. The molecule has 86 valence electrons. The van der Waals surface area contributed by atoms with Gasteiger partial charge in [-0.3, -0.25) is 0 Å². The Bertz CT molecular complexity index is 607. The van der Waals surface area contributed by atoms with Crippen LogP contribution in [0.1, 0.15) is 12.0 Å². The monoisotopic (exact) mass is 227 g/mol. The molecule has 2 aromatic rings. The minimum absolute atomic E-state index is 0.107. The zero-order valence-electron chi connectivity index (χ0n) is 9.54. The standard InChI is InChI=1S/C15H14FN/c16-14-6-5-13(11-3-1-2-4-12(11)14)15-7-10(15)8-17-9-15/h1-6,10,17H,7-9H2. The van der Waals surface area contributed by atoms with Gasteiger partial charge in [0.2, 0.25) is 0 Å². The molecule has 2 aromatic carbocycles. The molecule has 0 radical (unpaired) electrons. The van der Waals surface area contributed by atoms with Crippen molar-refractivity contribution in [1.29, 1.82) is 0 Å². The van der Waals surface area contributed by atoms with Gasteiger partial charge in [0.1, 0.15) is 5.82 Å². The molecule has 4 rings (SSSR count). The van der Waals surface area contributed by atoms with Crippen molar-refractivity contribution < 1.29 is 4.39 Å². The molecule has 2 fully saturated rings. The fraction of sp³-hybridized carbons (Fsp3) is 0.333. The largest absolute Gasteiger partial charge is 0.316 e. The van der Waals surface area contributed by atoms with E-state index in [1.807, 2.05) is 24.3 Å². The zero-order valence-corrected chi connectivity index (χ0v) is 9.54. The van der Waals surface area contributed by atoms with Gasteiger partial charge >= 0.3 is 0 Å². The number of rotatable bonds is 1. The van der Waals surface area contributed by atoms with E-state index >= 15 is 0 Å². The summed E-state index contributed by atoms with van der Waals surface area (Å²) in [5, 5.41) is 5.30. The normalized spacial score (nSPS) is 30.5. The molecule has 1 N–H and O–H groups in total. The van der Waals surface area contributed by atoms with Crippen LogP contribution in [-0.4, -0.2) is 13.1 Å². The van der Waals surface area contributed by atoms with E-state index in [2.05, 4.69) is 11.4 Å². The summed E-state index contributed by atoms with van der Waals surface area (Å²) >= 11 is 0. The number of fused-ring (bicyclic) bond motifs is 2. The fourth-order valence-electron chi connectivity index (χ4n) is 3.46. The second-order valence-electron chi connectivity index (χ2n) is 5.33. The number of halogens is 1. The van der Waals surface area contributed by atoms with E-state index in [1.165, 1.54) is 12.0 Å². The first-order valence-electron chi connectivity index (χ1n) is 6.20. The third-order valence-electron chi connectivity index (χ3n) is 4.47. The highest BCUT2D eigenvalue weighted by Crippen LogP contribution is 2.57. The molecule has 0 bridgehead atoms. The summed E-state index contributed by atoms with van der Waals surface area (Å²) in [6.45, 7) is 2.17. The van der Waals surface area contributed by atoms with E-state index in [9.17, 15) is 4.39 Å². The maximum atomic E-state index is 13.8. The Labute approximate surface area is 99.6 Å². The van der Waals surface area contributed by atoms with Gasteiger partial charge in [-0.15, -0.1) is 0 Å². The van der Waals surface area contributed by atoms with Crippen molar-refractivity contribution in [1.82, 2.24) is 5.32 Å². The lowest BCUT2D eigenvalue weighted by molar-refractivity contribution is 0.636. The van der Waals surface area contributed by atoms with Crippen molar-refractivity contribution in [2.75, 3.05) is 13.1 Å². The van der Waals surface area contributed by atoms with Crippen LogP contribution in [0.5, 0.6) is 0 Å². The Morgan fingerprint density at radius 3 is 2.65 bits per heavy atom. The first kappa shape index (κ1) is 9.60. The molecule has 1 saturated heterocycles. The van der Waals surface area contributed by atoms with Crippen molar-refractivity contribution in [3.8, 4) is 0 Å². The Morgan fingerprint density at radius 2 is 1.94 bits per heavy atom. The van der Waals surface area contributed by atoms with Crippen LogP contribution in [0.15, 0.2) is 36.4 Å². The number of hydrogen-bond donors (Lipinski definition) is 1. The van der Waals surface area contributed by atoms with E-state index in [0.29, 0.717) is 5.41 Å². The molecule has 0 aromatic heterocycles. The Kier molecular flexibility index (Phi) is 1.74. The van der Waals surface area contributed by atoms with Crippen LogP contribution >= 0.6 is 0 Å². The average Bonchev–Trinajstić information content (AvgIpc) is 2.92. The Balaban J connectivity index is 2.00. The number of hydrogen-bond acceptors (Lipinski definition) is 1. The SMILES string of the molecule is Fc1ccc(C23CNCC2C3)c2ccccc12. The molecule has 1 nitrogen and oxygen atoms in total. The summed E-state index contributed by atoms with van der Waals surface area (Å²) in [4.78, 5) is 0. The first-order chi connectivity index (χ1) is 8.31.